The maximum Gasteiger partial charge on any atom is 0.416 e. The summed E-state index contributed by atoms with van der Waals surface area (Å²) < 4.78 is 7.52. The monoisotopic (exact) mass is 912 g/mol. The van der Waals surface area contributed by atoms with E-state index in [4.69, 9.17) is 16.3 Å². The summed E-state index contributed by atoms with van der Waals surface area (Å²) in [6.07, 6.45) is -0.752. The zero-order chi connectivity index (χ0) is 47.1. The number of carbonyl (C=O) groups excluding carboxylic acids is 4. The molecule has 3 aromatic carbocycles. The van der Waals surface area contributed by atoms with Gasteiger partial charge < -0.3 is 45.4 Å². The minimum Gasteiger partial charge on any atom is -0.477 e. The lowest BCUT2D eigenvalue weighted by atomic mass is 9.77. The zero-order valence-corrected chi connectivity index (χ0v) is 37.3. The van der Waals surface area contributed by atoms with Gasteiger partial charge in [0.05, 0.1) is 42.8 Å². The number of aromatic carboxylic acids is 1. The minimum atomic E-state index is -1.49. The van der Waals surface area contributed by atoms with E-state index in [-0.39, 0.29) is 66.7 Å². The van der Waals surface area contributed by atoms with Crippen molar-refractivity contribution in [2.45, 2.75) is 70.9 Å². The molecule has 5 aromatic rings. The van der Waals surface area contributed by atoms with Crippen molar-refractivity contribution < 1.29 is 48.8 Å². The molecule has 2 aliphatic rings. The van der Waals surface area contributed by atoms with Crippen LogP contribution in [0.1, 0.15) is 68.7 Å². The molecule has 2 aliphatic heterocycles. The fourth-order valence-electron chi connectivity index (χ4n) is 8.48. The Kier molecular flexibility index (Phi) is 12.7. The first-order valence-electron chi connectivity index (χ1n) is 20.7. The van der Waals surface area contributed by atoms with Crippen LogP contribution in [0.15, 0.2) is 60.9 Å². The van der Waals surface area contributed by atoms with Gasteiger partial charge in [0.2, 0.25) is 5.91 Å². The summed E-state index contributed by atoms with van der Waals surface area (Å²) in [6.45, 7) is 11.3. The van der Waals surface area contributed by atoms with Gasteiger partial charge in [-0.1, -0.05) is 65.3 Å². The summed E-state index contributed by atoms with van der Waals surface area (Å²) in [5.41, 5.74) is 0.615. The first-order chi connectivity index (χ1) is 30.7. The summed E-state index contributed by atoms with van der Waals surface area (Å²) >= 11 is 6.37. The molecular weight excluding hydrogens is 864 g/mol. The van der Waals surface area contributed by atoms with Crippen molar-refractivity contribution in [3.05, 3.63) is 88.3 Å². The highest BCUT2D eigenvalue weighted by Crippen LogP contribution is 2.44. The number of carbonyl (C=O) groups is 6. The Balaban J connectivity index is 1.26. The second-order valence-electron chi connectivity index (χ2n) is 17.8. The van der Waals surface area contributed by atoms with Crippen LogP contribution < -0.4 is 15.5 Å². The van der Waals surface area contributed by atoms with E-state index in [1.165, 1.54) is 43.9 Å². The Morgan fingerprint density at radius 1 is 0.877 bits per heavy atom. The Morgan fingerprint density at radius 3 is 2.20 bits per heavy atom. The van der Waals surface area contributed by atoms with E-state index >= 15 is 0 Å². The van der Waals surface area contributed by atoms with Crippen molar-refractivity contribution >= 4 is 75.4 Å². The van der Waals surface area contributed by atoms with Crippen LogP contribution in [-0.2, 0) is 36.4 Å². The van der Waals surface area contributed by atoms with Gasteiger partial charge in [0.15, 0.2) is 0 Å². The number of carboxylic acids is 1. The molecule has 1 unspecified atom stereocenters. The number of morpholine rings is 1. The highest BCUT2D eigenvalue weighted by Gasteiger charge is 2.42. The SMILES string of the molecule is CC(C)(C)c1c(NC(=O)C(Cc2ccc(NC(=O)N3CCO[C@H](CO)C3)cc2)N2CCN(c3cc(Cl)ccc3-n3cnnn3)C(=O)C2=O)ccc2c1c(C(C)(C)C)c(C(=O)O)n2C(=O)O. The van der Waals surface area contributed by atoms with Crippen LogP contribution in [0.3, 0.4) is 0 Å². The van der Waals surface area contributed by atoms with Crippen molar-refractivity contribution in [3.63, 3.8) is 0 Å². The number of urea groups is 1. The van der Waals surface area contributed by atoms with Gasteiger partial charge >= 0.3 is 29.9 Å². The molecule has 2 fully saturated rings. The largest absolute Gasteiger partial charge is 0.477 e. The first kappa shape index (κ1) is 46.1. The summed E-state index contributed by atoms with van der Waals surface area (Å²) in [6, 6.07) is 12.6. The fourth-order valence-corrected chi connectivity index (χ4v) is 8.64. The number of benzene rings is 3. The maximum atomic E-state index is 14.9. The van der Waals surface area contributed by atoms with E-state index < -0.39 is 64.5 Å². The number of amides is 5. The molecule has 2 saturated heterocycles. The number of halogens is 1. The second-order valence-corrected chi connectivity index (χ2v) is 18.3. The highest BCUT2D eigenvalue weighted by atomic mass is 35.5. The lowest BCUT2D eigenvalue weighted by Crippen LogP contribution is -2.60. The molecule has 20 nitrogen and oxygen atoms in total. The van der Waals surface area contributed by atoms with Gasteiger partial charge in [-0.25, -0.2) is 19.0 Å². The average molecular weight is 913 g/mol. The van der Waals surface area contributed by atoms with E-state index in [2.05, 4.69) is 26.2 Å². The number of fused-ring (bicyclic) bond motifs is 1. The molecule has 0 bridgehead atoms. The number of nitrogens with zero attached hydrogens (tertiary/aromatic N) is 8. The lowest BCUT2D eigenvalue weighted by molar-refractivity contribution is -0.149. The number of hydrogen-bond donors (Lipinski definition) is 5. The van der Waals surface area contributed by atoms with Crippen molar-refractivity contribution in [2.75, 3.05) is 54.9 Å². The Labute approximate surface area is 377 Å². The number of ether oxygens (including phenoxy) is 1. The van der Waals surface area contributed by atoms with Gasteiger partial charge in [0, 0.05) is 47.8 Å². The normalized spacial score (nSPS) is 16.5. The van der Waals surface area contributed by atoms with E-state index in [9.17, 15) is 44.1 Å². The molecular formula is C44H49ClN10O10. The van der Waals surface area contributed by atoms with Crippen LogP contribution >= 0.6 is 11.6 Å². The van der Waals surface area contributed by atoms with Crippen molar-refractivity contribution in [2.24, 2.45) is 0 Å². The summed E-state index contributed by atoms with van der Waals surface area (Å²) in [4.78, 5) is 86.0. The van der Waals surface area contributed by atoms with Gasteiger partial charge in [-0.15, -0.1) is 5.10 Å². The Hall–Kier alpha value is -6.90. The fraction of sp³-hybridized carbons (Fsp3) is 0.386. The van der Waals surface area contributed by atoms with Crippen LogP contribution in [0.25, 0.3) is 16.6 Å². The van der Waals surface area contributed by atoms with E-state index in [0.717, 1.165) is 4.57 Å². The number of rotatable bonds is 10. The van der Waals surface area contributed by atoms with Crippen LogP contribution in [-0.4, -0.2) is 137 Å². The van der Waals surface area contributed by atoms with Crippen molar-refractivity contribution in [3.8, 4) is 5.69 Å². The van der Waals surface area contributed by atoms with Crippen LogP contribution in [0, 0.1) is 0 Å². The predicted molar refractivity (Wildman–Crippen MR) is 238 cm³/mol. The number of nitrogens with one attached hydrogen (secondary N) is 2. The van der Waals surface area contributed by atoms with Crippen molar-refractivity contribution in [1.29, 1.82) is 0 Å². The van der Waals surface area contributed by atoms with Gasteiger partial charge in [0.1, 0.15) is 18.1 Å². The standard InChI is InChI=1S/C44H49ClN10O10/c1-43(2,3)34-28(12-14-30-33(34)35(44(4,5)6)36(40(60)61)55(30)42(63)64)48-37(57)32(19-24-7-10-26(11-8-24)47-41(62)51-17-18-65-27(21-51)22-56)53-16-15-52(38(58)39(53)59)31-20-25(45)9-13-29(31)54-23-46-49-50-54/h7-14,20,23,27,32,56H,15-19,21-22H2,1-6H3,(H,47,62)(H,48,57)(H,60,61)(H,63,64)/t27-,32?/m0/s1. The summed E-state index contributed by atoms with van der Waals surface area (Å²) in [5, 5.41) is 48.0. The number of tetrazole rings is 1. The van der Waals surface area contributed by atoms with Gasteiger partial charge in [-0.2, -0.15) is 4.68 Å². The molecule has 4 heterocycles. The van der Waals surface area contributed by atoms with E-state index in [0.29, 0.717) is 34.4 Å². The smallest absolute Gasteiger partial charge is 0.416 e. The topological polar surface area (TPSA) is 255 Å². The molecule has 2 aromatic heterocycles. The third-order valence-electron chi connectivity index (χ3n) is 11.3. The summed E-state index contributed by atoms with van der Waals surface area (Å²) in [5.74, 6) is -4.05. The number of aromatic nitrogens is 5. The molecule has 0 spiro atoms. The molecule has 0 radical (unpaired) electrons. The predicted octanol–water partition coefficient (Wildman–Crippen LogP) is 4.74. The third kappa shape index (κ3) is 9.22. The average Bonchev–Trinajstić information content (AvgIpc) is 3.91. The number of anilines is 3. The molecule has 5 N–H and O–H groups in total. The number of piperazine rings is 1. The molecule has 2 atom stereocenters. The van der Waals surface area contributed by atoms with Crippen LogP contribution in [0.5, 0.6) is 0 Å². The lowest BCUT2D eigenvalue weighted by Gasteiger charge is -2.38. The Bertz CT molecular complexity index is 2690. The van der Waals surface area contributed by atoms with Crippen LogP contribution in [0.2, 0.25) is 5.02 Å². The molecule has 0 saturated carbocycles. The molecule has 5 amide bonds. The quantitative estimate of drug-likeness (QED) is 0.119. The molecule has 342 valence electrons. The molecule has 0 aliphatic carbocycles. The maximum absolute atomic E-state index is 14.9. The first-order valence-corrected chi connectivity index (χ1v) is 21.1. The number of hydrogen-bond acceptors (Lipinski definition) is 11. The number of aliphatic hydroxyl groups is 1. The van der Waals surface area contributed by atoms with Crippen molar-refractivity contribution in [1.82, 2.24) is 34.6 Å². The zero-order valence-electron chi connectivity index (χ0n) is 36.5. The molecule has 7 rings (SSSR count). The molecule has 65 heavy (non-hydrogen) atoms. The minimum absolute atomic E-state index is 0.0533. The second kappa shape index (κ2) is 17.9. The van der Waals surface area contributed by atoms with Gasteiger partial charge in [0.25, 0.3) is 0 Å². The summed E-state index contributed by atoms with van der Waals surface area (Å²) in [7, 11) is 0. The number of aliphatic hydroxyl groups excluding tert-OH is 1. The van der Waals surface area contributed by atoms with E-state index in [1.807, 2.05) is 20.8 Å². The Morgan fingerprint density at radius 2 is 1.58 bits per heavy atom. The molecule has 21 heteroatoms. The van der Waals surface area contributed by atoms with Gasteiger partial charge in [-0.05, 0) is 80.4 Å². The van der Waals surface area contributed by atoms with Crippen LogP contribution in [0.4, 0.5) is 26.7 Å². The van der Waals surface area contributed by atoms with Gasteiger partial charge in [-0.3, -0.25) is 14.4 Å². The highest BCUT2D eigenvalue weighted by molar-refractivity contribution is 6.41. The third-order valence-corrected chi connectivity index (χ3v) is 11.5. The van der Waals surface area contributed by atoms with E-state index in [1.54, 1.807) is 57.2 Å². The number of carboxylic acid groups (broad SMARTS) is 2.